The minimum absolute atomic E-state index is 0.0653. The standard InChI is InChI=1S/C8H9FN2O2/c9-6-3-5(1-2-7(6)12)11-4-8(10)13/h1-3,11-12H,4H2,(H2,10,13). The van der Waals surface area contributed by atoms with E-state index in [9.17, 15) is 9.18 Å². The Hall–Kier alpha value is -1.78. The van der Waals surface area contributed by atoms with Crippen LogP contribution in [0, 0.1) is 5.82 Å². The highest BCUT2D eigenvalue weighted by Crippen LogP contribution is 2.18. The molecular weight excluding hydrogens is 175 g/mol. The number of benzene rings is 1. The van der Waals surface area contributed by atoms with Gasteiger partial charge in [0.1, 0.15) is 0 Å². The summed E-state index contributed by atoms with van der Waals surface area (Å²) >= 11 is 0. The summed E-state index contributed by atoms with van der Waals surface area (Å²) in [7, 11) is 0. The largest absolute Gasteiger partial charge is 0.505 e. The van der Waals surface area contributed by atoms with Crippen molar-refractivity contribution >= 4 is 11.6 Å². The highest BCUT2D eigenvalue weighted by Gasteiger charge is 2.01. The van der Waals surface area contributed by atoms with Gasteiger partial charge in [-0.1, -0.05) is 0 Å². The van der Waals surface area contributed by atoms with Crippen LogP contribution in [0.2, 0.25) is 0 Å². The van der Waals surface area contributed by atoms with E-state index in [1.165, 1.54) is 12.1 Å². The predicted molar refractivity (Wildman–Crippen MR) is 45.7 cm³/mol. The summed E-state index contributed by atoms with van der Waals surface area (Å²) in [5.74, 6) is -1.70. The summed E-state index contributed by atoms with van der Waals surface area (Å²) in [5.41, 5.74) is 5.26. The van der Waals surface area contributed by atoms with Crippen molar-refractivity contribution in [1.29, 1.82) is 0 Å². The average molecular weight is 184 g/mol. The smallest absolute Gasteiger partial charge is 0.236 e. The Labute approximate surface area is 74.2 Å². The molecule has 0 saturated heterocycles. The Morgan fingerprint density at radius 3 is 2.85 bits per heavy atom. The summed E-state index contributed by atoms with van der Waals surface area (Å²) in [6.07, 6.45) is 0. The van der Waals surface area contributed by atoms with E-state index in [-0.39, 0.29) is 6.54 Å². The van der Waals surface area contributed by atoms with Gasteiger partial charge in [-0.05, 0) is 12.1 Å². The van der Waals surface area contributed by atoms with Gasteiger partial charge < -0.3 is 16.2 Å². The van der Waals surface area contributed by atoms with E-state index in [0.29, 0.717) is 5.69 Å². The molecule has 0 atom stereocenters. The van der Waals surface area contributed by atoms with Gasteiger partial charge in [0.2, 0.25) is 5.91 Å². The third-order valence-electron chi connectivity index (χ3n) is 1.41. The van der Waals surface area contributed by atoms with Gasteiger partial charge in [-0.25, -0.2) is 4.39 Å². The summed E-state index contributed by atoms with van der Waals surface area (Å²) < 4.78 is 12.7. The average Bonchev–Trinajstić information content (AvgIpc) is 2.07. The van der Waals surface area contributed by atoms with Crippen LogP contribution in [-0.4, -0.2) is 17.6 Å². The molecule has 13 heavy (non-hydrogen) atoms. The fourth-order valence-electron chi connectivity index (χ4n) is 0.806. The van der Waals surface area contributed by atoms with Crippen molar-refractivity contribution in [1.82, 2.24) is 0 Å². The molecule has 0 saturated carbocycles. The lowest BCUT2D eigenvalue weighted by Gasteiger charge is -2.03. The van der Waals surface area contributed by atoms with Crippen LogP contribution in [0.15, 0.2) is 18.2 Å². The molecule has 4 N–H and O–H groups in total. The summed E-state index contributed by atoms with van der Waals surface area (Å²) in [4.78, 5) is 10.3. The van der Waals surface area contributed by atoms with E-state index < -0.39 is 17.5 Å². The quantitative estimate of drug-likeness (QED) is 0.596. The van der Waals surface area contributed by atoms with Crippen LogP contribution in [-0.2, 0) is 4.79 Å². The number of hydrogen-bond donors (Lipinski definition) is 3. The fraction of sp³-hybridized carbons (Fsp3) is 0.125. The normalized spacial score (nSPS) is 9.62. The molecule has 1 aromatic rings. The second-order valence-corrected chi connectivity index (χ2v) is 2.49. The van der Waals surface area contributed by atoms with Crippen LogP contribution in [0.5, 0.6) is 5.75 Å². The molecule has 1 amide bonds. The summed E-state index contributed by atoms with van der Waals surface area (Å²) in [6, 6.07) is 3.72. The molecule has 0 fully saturated rings. The zero-order valence-corrected chi connectivity index (χ0v) is 6.75. The van der Waals surface area contributed by atoms with Crippen molar-refractivity contribution in [2.24, 2.45) is 5.73 Å². The lowest BCUT2D eigenvalue weighted by molar-refractivity contribution is -0.116. The number of amides is 1. The van der Waals surface area contributed by atoms with Gasteiger partial charge >= 0.3 is 0 Å². The predicted octanol–water partition coefficient (Wildman–Crippen LogP) is 0.428. The van der Waals surface area contributed by atoms with Gasteiger partial charge in [-0.15, -0.1) is 0 Å². The third-order valence-corrected chi connectivity index (χ3v) is 1.41. The van der Waals surface area contributed by atoms with E-state index in [1.54, 1.807) is 0 Å². The molecule has 1 rings (SSSR count). The van der Waals surface area contributed by atoms with E-state index in [0.717, 1.165) is 6.07 Å². The number of halogens is 1. The van der Waals surface area contributed by atoms with E-state index in [1.807, 2.05) is 0 Å². The topological polar surface area (TPSA) is 75.4 Å². The molecule has 0 aromatic heterocycles. The maximum Gasteiger partial charge on any atom is 0.236 e. The molecule has 0 unspecified atom stereocenters. The summed E-state index contributed by atoms with van der Waals surface area (Å²) in [5, 5.41) is 11.4. The van der Waals surface area contributed by atoms with Crippen molar-refractivity contribution in [3.05, 3.63) is 24.0 Å². The molecule has 0 bridgehead atoms. The molecule has 0 aliphatic carbocycles. The van der Waals surface area contributed by atoms with E-state index >= 15 is 0 Å². The van der Waals surface area contributed by atoms with Crippen LogP contribution in [0.25, 0.3) is 0 Å². The minimum Gasteiger partial charge on any atom is -0.505 e. The number of carbonyl (C=O) groups is 1. The van der Waals surface area contributed by atoms with Crippen molar-refractivity contribution in [3.8, 4) is 5.75 Å². The molecular formula is C8H9FN2O2. The zero-order valence-electron chi connectivity index (χ0n) is 6.75. The van der Waals surface area contributed by atoms with Crippen LogP contribution in [0.1, 0.15) is 0 Å². The second-order valence-electron chi connectivity index (χ2n) is 2.49. The highest BCUT2D eigenvalue weighted by molar-refractivity contribution is 5.78. The number of rotatable bonds is 3. The number of hydrogen-bond acceptors (Lipinski definition) is 3. The first-order valence-corrected chi connectivity index (χ1v) is 3.60. The van der Waals surface area contributed by atoms with Gasteiger partial charge in [0.15, 0.2) is 11.6 Å². The van der Waals surface area contributed by atoms with Crippen LogP contribution in [0.4, 0.5) is 10.1 Å². The number of anilines is 1. The van der Waals surface area contributed by atoms with Gasteiger partial charge in [0.25, 0.3) is 0 Å². The monoisotopic (exact) mass is 184 g/mol. The Morgan fingerprint density at radius 2 is 2.31 bits per heavy atom. The molecule has 4 nitrogen and oxygen atoms in total. The number of nitrogens with one attached hydrogen (secondary N) is 1. The van der Waals surface area contributed by atoms with Crippen LogP contribution >= 0.6 is 0 Å². The van der Waals surface area contributed by atoms with Crippen molar-refractivity contribution in [2.45, 2.75) is 0 Å². The molecule has 5 heteroatoms. The van der Waals surface area contributed by atoms with Gasteiger partial charge in [0.05, 0.1) is 6.54 Å². The SMILES string of the molecule is NC(=O)CNc1ccc(O)c(F)c1. The highest BCUT2D eigenvalue weighted by atomic mass is 19.1. The minimum atomic E-state index is -0.741. The molecule has 1 aromatic carbocycles. The van der Waals surface area contributed by atoms with Crippen molar-refractivity contribution in [3.63, 3.8) is 0 Å². The van der Waals surface area contributed by atoms with Crippen LogP contribution < -0.4 is 11.1 Å². The lowest BCUT2D eigenvalue weighted by atomic mass is 10.3. The first-order chi connectivity index (χ1) is 6.09. The van der Waals surface area contributed by atoms with Crippen molar-refractivity contribution < 1.29 is 14.3 Å². The molecule has 0 heterocycles. The molecule has 0 radical (unpaired) electrons. The number of phenols is 1. The fourth-order valence-corrected chi connectivity index (χ4v) is 0.806. The molecule has 0 spiro atoms. The Kier molecular flexibility index (Phi) is 2.69. The zero-order chi connectivity index (χ0) is 9.84. The summed E-state index contributed by atoms with van der Waals surface area (Å²) in [6.45, 7) is -0.0653. The second kappa shape index (κ2) is 3.75. The van der Waals surface area contributed by atoms with Gasteiger partial charge in [-0.2, -0.15) is 0 Å². The lowest BCUT2D eigenvalue weighted by Crippen LogP contribution is -2.21. The number of aromatic hydroxyl groups is 1. The first-order valence-electron chi connectivity index (χ1n) is 3.60. The number of carbonyl (C=O) groups excluding carboxylic acids is 1. The number of phenolic OH excluding ortho intramolecular Hbond substituents is 1. The number of nitrogens with two attached hydrogens (primary N) is 1. The number of primary amides is 1. The van der Waals surface area contributed by atoms with Gasteiger partial charge in [0, 0.05) is 11.8 Å². The Bertz CT molecular complexity index is 328. The molecule has 0 aliphatic heterocycles. The van der Waals surface area contributed by atoms with Crippen LogP contribution in [0.3, 0.4) is 0 Å². The van der Waals surface area contributed by atoms with E-state index in [4.69, 9.17) is 10.8 Å². The Balaban J connectivity index is 2.68. The molecule has 70 valence electrons. The maximum absolute atomic E-state index is 12.7. The first kappa shape index (κ1) is 9.31. The Morgan fingerprint density at radius 1 is 1.62 bits per heavy atom. The van der Waals surface area contributed by atoms with Gasteiger partial charge in [-0.3, -0.25) is 4.79 Å². The maximum atomic E-state index is 12.7. The molecule has 0 aliphatic rings. The van der Waals surface area contributed by atoms with Crippen molar-refractivity contribution in [2.75, 3.05) is 11.9 Å². The third kappa shape index (κ3) is 2.62. The van der Waals surface area contributed by atoms with E-state index in [2.05, 4.69) is 5.32 Å².